The zero-order valence-electron chi connectivity index (χ0n) is 12.3. The number of benzene rings is 1. The molecule has 6 heteroatoms. The lowest BCUT2D eigenvalue weighted by molar-refractivity contribution is 0.0955. The minimum absolute atomic E-state index is 0.133. The van der Waals surface area contributed by atoms with E-state index in [1.807, 2.05) is 24.3 Å². The van der Waals surface area contributed by atoms with E-state index in [0.717, 1.165) is 16.6 Å². The summed E-state index contributed by atoms with van der Waals surface area (Å²) in [7, 11) is 0. The van der Waals surface area contributed by atoms with Gasteiger partial charge in [0.25, 0.3) is 5.91 Å². The highest BCUT2D eigenvalue weighted by Crippen LogP contribution is 2.23. The summed E-state index contributed by atoms with van der Waals surface area (Å²) in [5.74, 6) is -0.133. The van der Waals surface area contributed by atoms with Crippen molar-refractivity contribution in [2.24, 2.45) is 0 Å². The Bertz CT molecular complexity index is 823. The summed E-state index contributed by atoms with van der Waals surface area (Å²) in [6.07, 6.45) is 4.91. The van der Waals surface area contributed by atoms with Crippen LogP contribution in [0.5, 0.6) is 0 Å². The Morgan fingerprint density at radius 1 is 1.13 bits per heavy atom. The predicted molar refractivity (Wildman–Crippen MR) is 91.8 cm³/mol. The second-order valence-electron chi connectivity index (χ2n) is 4.94. The number of hydrogen-bond donors (Lipinski definition) is 2. The molecule has 0 saturated carbocycles. The van der Waals surface area contributed by atoms with Crippen molar-refractivity contribution < 1.29 is 4.79 Å². The van der Waals surface area contributed by atoms with Gasteiger partial charge in [0, 0.05) is 47.8 Å². The molecule has 1 amide bonds. The molecule has 1 aromatic carbocycles. The number of rotatable bonds is 5. The number of carbonyl (C=O) groups excluding carboxylic acids is 1. The summed E-state index contributed by atoms with van der Waals surface area (Å²) in [5.41, 5.74) is 2.35. The fourth-order valence-electron chi connectivity index (χ4n) is 2.25. The highest BCUT2D eigenvalue weighted by molar-refractivity contribution is 6.31. The molecule has 2 heterocycles. The van der Waals surface area contributed by atoms with Crippen molar-refractivity contribution in [3.63, 3.8) is 0 Å². The Hall–Kier alpha value is -2.66. The van der Waals surface area contributed by atoms with E-state index >= 15 is 0 Å². The van der Waals surface area contributed by atoms with Gasteiger partial charge in [-0.2, -0.15) is 0 Å². The third kappa shape index (κ3) is 3.76. The Morgan fingerprint density at radius 2 is 2.04 bits per heavy atom. The van der Waals surface area contributed by atoms with E-state index < -0.39 is 0 Å². The van der Waals surface area contributed by atoms with Crippen LogP contribution in [0.2, 0.25) is 5.02 Å². The normalized spacial score (nSPS) is 10.5. The molecule has 5 nitrogen and oxygen atoms in total. The lowest BCUT2D eigenvalue weighted by Gasteiger charge is -2.10. The monoisotopic (exact) mass is 326 g/mol. The number of fused-ring (bicyclic) bond motifs is 1. The Morgan fingerprint density at radius 3 is 2.87 bits per heavy atom. The van der Waals surface area contributed by atoms with Crippen molar-refractivity contribution in [1.82, 2.24) is 15.3 Å². The molecular formula is C17H15ClN4O. The lowest BCUT2D eigenvalue weighted by Crippen LogP contribution is -2.28. The molecule has 0 aliphatic rings. The van der Waals surface area contributed by atoms with Crippen molar-refractivity contribution in [2.75, 3.05) is 18.4 Å². The van der Waals surface area contributed by atoms with E-state index in [9.17, 15) is 4.79 Å². The summed E-state index contributed by atoms with van der Waals surface area (Å²) < 4.78 is 0. The molecule has 116 valence electrons. The molecule has 2 aromatic heterocycles. The Labute approximate surface area is 138 Å². The highest BCUT2D eigenvalue weighted by Gasteiger charge is 2.05. The zero-order valence-corrected chi connectivity index (χ0v) is 13.0. The minimum Gasteiger partial charge on any atom is -0.383 e. The first-order chi connectivity index (χ1) is 11.2. The number of nitrogens with zero attached hydrogens (tertiary/aromatic N) is 2. The maximum atomic E-state index is 11.9. The van der Waals surface area contributed by atoms with Crippen LogP contribution in [-0.4, -0.2) is 29.0 Å². The van der Waals surface area contributed by atoms with Crippen molar-refractivity contribution in [2.45, 2.75) is 0 Å². The number of aromatic nitrogens is 2. The number of nitrogens with one attached hydrogen (secondary N) is 2. The molecule has 0 spiro atoms. The number of amides is 1. The molecule has 3 aromatic rings. The first-order valence-electron chi connectivity index (χ1n) is 7.20. The van der Waals surface area contributed by atoms with E-state index in [2.05, 4.69) is 20.6 Å². The summed E-state index contributed by atoms with van der Waals surface area (Å²) in [6.45, 7) is 1.11. The van der Waals surface area contributed by atoms with Crippen LogP contribution in [0.3, 0.4) is 0 Å². The quantitative estimate of drug-likeness (QED) is 0.707. The topological polar surface area (TPSA) is 66.9 Å². The van der Waals surface area contributed by atoms with E-state index in [4.69, 9.17) is 11.6 Å². The molecule has 0 aliphatic heterocycles. The van der Waals surface area contributed by atoms with E-state index in [1.165, 1.54) is 0 Å². The second kappa shape index (κ2) is 7.07. The van der Waals surface area contributed by atoms with Crippen molar-refractivity contribution in [3.05, 3.63) is 65.6 Å². The van der Waals surface area contributed by atoms with Gasteiger partial charge in [0.2, 0.25) is 0 Å². The smallest absolute Gasteiger partial charge is 0.252 e. The van der Waals surface area contributed by atoms with Crippen LogP contribution >= 0.6 is 11.6 Å². The average Bonchev–Trinajstić information content (AvgIpc) is 2.59. The van der Waals surface area contributed by atoms with Gasteiger partial charge in [0.15, 0.2) is 0 Å². The molecule has 23 heavy (non-hydrogen) atoms. The maximum absolute atomic E-state index is 11.9. The van der Waals surface area contributed by atoms with Gasteiger partial charge < -0.3 is 10.6 Å². The molecule has 0 atom stereocenters. The second-order valence-corrected chi connectivity index (χ2v) is 5.38. The summed E-state index contributed by atoms with van der Waals surface area (Å²) >= 11 is 5.98. The minimum atomic E-state index is -0.133. The molecule has 3 rings (SSSR count). The van der Waals surface area contributed by atoms with Gasteiger partial charge in [-0.3, -0.25) is 14.8 Å². The van der Waals surface area contributed by atoms with E-state index in [1.54, 1.807) is 30.7 Å². The SMILES string of the molecule is O=C(NCCNc1ccnc2cc(Cl)ccc12)c1cccnc1. The maximum Gasteiger partial charge on any atom is 0.252 e. The fraction of sp³-hybridized carbons (Fsp3) is 0.118. The molecule has 0 unspecified atom stereocenters. The van der Waals surface area contributed by atoms with E-state index in [-0.39, 0.29) is 5.91 Å². The van der Waals surface area contributed by atoms with Gasteiger partial charge in [-0.15, -0.1) is 0 Å². The standard InChI is InChI=1S/C17H15ClN4O/c18-13-3-4-14-15(5-7-20-16(14)10-13)21-8-9-22-17(23)12-2-1-6-19-11-12/h1-7,10-11H,8-9H2,(H,20,21)(H,22,23). The largest absolute Gasteiger partial charge is 0.383 e. The molecule has 0 radical (unpaired) electrons. The van der Waals surface area contributed by atoms with Gasteiger partial charge in [-0.05, 0) is 36.4 Å². The summed E-state index contributed by atoms with van der Waals surface area (Å²) in [6, 6.07) is 11.0. The van der Waals surface area contributed by atoms with Crippen LogP contribution in [0, 0.1) is 0 Å². The van der Waals surface area contributed by atoms with Crippen LogP contribution in [0.15, 0.2) is 55.0 Å². The lowest BCUT2D eigenvalue weighted by atomic mass is 10.2. The molecule has 0 saturated heterocycles. The highest BCUT2D eigenvalue weighted by atomic mass is 35.5. The molecular weight excluding hydrogens is 312 g/mol. The van der Waals surface area contributed by atoms with Crippen molar-refractivity contribution >= 4 is 34.1 Å². The molecule has 2 N–H and O–H groups in total. The Balaban J connectivity index is 1.58. The average molecular weight is 327 g/mol. The van der Waals surface area contributed by atoms with Crippen molar-refractivity contribution in [3.8, 4) is 0 Å². The molecule has 0 aliphatic carbocycles. The van der Waals surface area contributed by atoms with Crippen LogP contribution in [0.1, 0.15) is 10.4 Å². The molecule has 0 bridgehead atoms. The van der Waals surface area contributed by atoms with Crippen LogP contribution in [0.4, 0.5) is 5.69 Å². The first-order valence-corrected chi connectivity index (χ1v) is 7.58. The van der Waals surface area contributed by atoms with Gasteiger partial charge in [0.1, 0.15) is 0 Å². The van der Waals surface area contributed by atoms with Gasteiger partial charge in [0.05, 0.1) is 11.1 Å². The number of halogens is 1. The third-order valence-electron chi connectivity index (χ3n) is 3.35. The van der Waals surface area contributed by atoms with E-state index in [0.29, 0.717) is 23.7 Å². The van der Waals surface area contributed by atoms with Gasteiger partial charge >= 0.3 is 0 Å². The van der Waals surface area contributed by atoms with Gasteiger partial charge in [-0.25, -0.2) is 0 Å². The van der Waals surface area contributed by atoms with Gasteiger partial charge in [-0.1, -0.05) is 11.6 Å². The first kappa shape index (κ1) is 15.2. The fourth-order valence-corrected chi connectivity index (χ4v) is 2.41. The summed E-state index contributed by atoms with van der Waals surface area (Å²) in [5, 5.41) is 7.80. The summed E-state index contributed by atoms with van der Waals surface area (Å²) in [4.78, 5) is 20.1. The number of hydrogen-bond acceptors (Lipinski definition) is 4. The molecule has 0 fully saturated rings. The number of pyridine rings is 2. The van der Waals surface area contributed by atoms with Crippen LogP contribution in [-0.2, 0) is 0 Å². The Kier molecular flexibility index (Phi) is 4.68. The van der Waals surface area contributed by atoms with Crippen LogP contribution in [0.25, 0.3) is 10.9 Å². The van der Waals surface area contributed by atoms with Crippen LogP contribution < -0.4 is 10.6 Å². The zero-order chi connectivity index (χ0) is 16.1. The number of carbonyl (C=O) groups is 1. The van der Waals surface area contributed by atoms with Crippen molar-refractivity contribution in [1.29, 1.82) is 0 Å². The predicted octanol–water partition coefficient (Wildman–Crippen LogP) is 3.13. The number of anilines is 1. The third-order valence-corrected chi connectivity index (χ3v) is 3.59.